The van der Waals surface area contributed by atoms with Gasteiger partial charge >= 0.3 is 18.0 Å². The van der Waals surface area contributed by atoms with Crippen LogP contribution in [0.4, 0.5) is 31.2 Å². The van der Waals surface area contributed by atoms with Gasteiger partial charge in [0.2, 0.25) is 20.3 Å². The zero-order valence-corrected chi connectivity index (χ0v) is 34.2. The smallest absolute Gasteiger partial charge is 0.325 e. The number of ketones is 2. The molecule has 0 atom stereocenters. The first-order valence-corrected chi connectivity index (χ1v) is 20.7. The van der Waals surface area contributed by atoms with E-state index in [1.54, 1.807) is 97.1 Å². The number of carboxylic acid groups (broad SMARTS) is 1. The van der Waals surface area contributed by atoms with Crippen LogP contribution in [0.3, 0.4) is 0 Å². The minimum atomic E-state index is -3.38. The van der Waals surface area contributed by atoms with Crippen molar-refractivity contribution >= 4 is 84.3 Å². The Labute approximate surface area is 350 Å². The van der Waals surface area contributed by atoms with Crippen LogP contribution in [-0.4, -0.2) is 82.3 Å². The Morgan fingerprint density at radius 2 is 1.00 bits per heavy atom. The molecule has 0 unspecified atom stereocenters. The van der Waals surface area contributed by atoms with E-state index in [1.807, 2.05) is 0 Å². The lowest BCUT2D eigenvalue weighted by molar-refractivity contribution is -0.136. The molecule has 0 fully saturated rings. The average molecular weight is 874 g/mol. The minimum Gasteiger partial charge on any atom is -0.496 e. The highest BCUT2D eigenvalue weighted by molar-refractivity contribution is 7.88. The number of nitrogens with zero attached hydrogens (tertiary/aromatic N) is 4. The van der Waals surface area contributed by atoms with E-state index in [0.29, 0.717) is 34.0 Å². The number of aromatic nitrogens is 4. The lowest BCUT2D eigenvalue weighted by Crippen LogP contribution is -2.22. The molecule has 6 N–H and O–H groups in total. The molecule has 4 aromatic carbocycles. The third kappa shape index (κ3) is 12.4. The fourth-order valence-corrected chi connectivity index (χ4v) is 6.68. The van der Waals surface area contributed by atoms with E-state index in [-0.39, 0.29) is 57.6 Å². The van der Waals surface area contributed by atoms with Gasteiger partial charge in [0.15, 0.2) is 23.2 Å². The van der Waals surface area contributed by atoms with Crippen LogP contribution in [0.15, 0.2) is 97.1 Å². The third-order valence-corrected chi connectivity index (χ3v) is 9.73. The number of sulfonamides is 1. The van der Waals surface area contributed by atoms with Crippen molar-refractivity contribution in [3.63, 3.8) is 0 Å². The molecule has 0 aliphatic heterocycles. The maximum absolute atomic E-state index is 13.0. The first-order chi connectivity index (χ1) is 28.7. The molecule has 19 nitrogen and oxygen atoms in total. The van der Waals surface area contributed by atoms with Gasteiger partial charge in [-0.25, -0.2) is 32.7 Å². The fraction of sp³-hybridized carbons (Fsp3) is 0.132. The zero-order chi connectivity index (χ0) is 43.2. The van der Waals surface area contributed by atoms with Gasteiger partial charge in [-0.3, -0.25) is 25.0 Å². The molecule has 0 saturated heterocycles. The van der Waals surface area contributed by atoms with Gasteiger partial charge in [0.05, 0.1) is 49.5 Å². The average Bonchev–Trinajstić information content (AvgIpc) is 3.88. The molecule has 0 bridgehead atoms. The number of hydrogen-bond donors (Lipinski definition) is 6. The Balaban J connectivity index is 0.000000228. The van der Waals surface area contributed by atoms with Crippen LogP contribution in [0.25, 0.3) is 0 Å². The van der Waals surface area contributed by atoms with E-state index in [9.17, 15) is 32.4 Å². The Morgan fingerprint density at radius 3 is 1.43 bits per heavy atom. The molecule has 0 saturated carbocycles. The Hall–Kier alpha value is -7.14. The van der Waals surface area contributed by atoms with Crippen LogP contribution in [0.1, 0.15) is 43.5 Å². The van der Waals surface area contributed by atoms with E-state index < -0.39 is 28.1 Å². The van der Waals surface area contributed by atoms with Crippen molar-refractivity contribution < 1.29 is 47.0 Å². The highest BCUT2D eigenvalue weighted by atomic mass is 32.2. The number of carbonyl (C=O) groups is 5. The maximum atomic E-state index is 13.0. The van der Waals surface area contributed by atoms with E-state index in [1.165, 1.54) is 14.2 Å². The van der Waals surface area contributed by atoms with Gasteiger partial charge in [-0.15, -0.1) is 0 Å². The van der Waals surface area contributed by atoms with Gasteiger partial charge in [0, 0.05) is 34.2 Å². The normalized spacial score (nSPS) is 10.7. The molecule has 0 radical (unpaired) electrons. The summed E-state index contributed by atoms with van der Waals surface area (Å²) in [6, 6.07) is 25.5. The highest BCUT2D eigenvalue weighted by Gasteiger charge is 2.21. The second-order valence-corrected chi connectivity index (χ2v) is 15.3. The van der Waals surface area contributed by atoms with E-state index in [0.717, 1.165) is 29.3 Å². The SMILES string of the molecule is COc1ccccc1C(=O)c1ccccc1NC(=O)Nc1nc(CC(=O)O)ns1.COc1ccccc1C(=O)c1ccccc1NC(=O)Nc1nc(CNS(C)(=O)=O)ns1. The Morgan fingerprint density at radius 1 is 0.600 bits per heavy atom. The molecule has 22 heteroatoms. The predicted octanol–water partition coefficient (Wildman–Crippen LogP) is 5.52. The predicted molar refractivity (Wildman–Crippen MR) is 224 cm³/mol. The third-order valence-electron chi connectivity index (χ3n) is 7.72. The van der Waals surface area contributed by atoms with Gasteiger partial charge in [-0.05, 0) is 48.5 Å². The molecule has 2 aromatic heterocycles. The number of hydrogen-bond acceptors (Lipinski definition) is 15. The molecule has 0 spiro atoms. The van der Waals surface area contributed by atoms with Crippen molar-refractivity contribution in [3.8, 4) is 11.5 Å². The monoisotopic (exact) mass is 873 g/mol. The van der Waals surface area contributed by atoms with E-state index in [4.69, 9.17) is 14.6 Å². The van der Waals surface area contributed by atoms with Crippen molar-refractivity contribution in [2.45, 2.75) is 13.0 Å². The van der Waals surface area contributed by atoms with Crippen LogP contribution in [-0.2, 0) is 27.8 Å². The molecule has 4 amide bonds. The van der Waals surface area contributed by atoms with Crippen molar-refractivity contribution in [1.29, 1.82) is 0 Å². The van der Waals surface area contributed by atoms with Gasteiger partial charge in [-0.2, -0.15) is 8.75 Å². The van der Waals surface area contributed by atoms with Crippen LogP contribution in [0.2, 0.25) is 0 Å². The summed E-state index contributed by atoms with van der Waals surface area (Å²) in [5, 5.41) is 19.3. The standard InChI is InChI=1S/C19H19N5O5S2.C19H16N4O5S/c1-29-15-10-6-4-8-13(15)17(25)12-7-3-5-9-14(12)21-18(26)23-19-22-16(24-30-19)11-20-31(2,27)28;1-28-14-9-5-3-7-12(14)17(26)11-6-2-4-8-13(11)20-18(27)22-19-21-15(23-29-19)10-16(24)25/h3-10,20H,11H2,1-2H3,(H2,21,22,23,24,26);2-9H,10H2,1H3,(H,24,25)(H2,20,21,22,23,27). The molecule has 6 rings (SSSR count). The van der Waals surface area contributed by atoms with Crippen LogP contribution < -0.4 is 35.5 Å². The summed E-state index contributed by atoms with van der Waals surface area (Å²) in [6.45, 7) is -0.0884. The molecule has 60 heavy (non-hydrogen) atoms. The van der Waals surface area contributed by atoms with Crippen molar-refractivity contribution in [2.24, 2.45) is 0 Å². The number of urea groups is 2. The van der Waals surface area contributed by atoms with Crippen molar-refractivity contribution in [3.05, 3.63) is 131 Å². The van der Waals surface area contributed by atoms with Crippen molar-refractivity contribution in [2.75, 3.05) is 41.7 Å². The molecular weight excluding hydrogens is 839 g/mol. The summed E-state index contributed by atoms with van der Waals surface area (Å²) in [6.07, 6.45) is 0.686. The van der Waals surface area contributed by atoms with Crippen LogP contribution in [0.5, 0.6) is 11.5 Å². The number of para-hydroxylation sites is 4. The number of ether oxygens (including phenoxy) is 2. The minimum absolute atomic E-state index is 0.0884. The number of benzene rings is 4. The van der Waals surface area contributed by atoms with Crippen LogP contribution >= 0.6 is 23.1 Å². The summed E-state index contributed by atoms with van der Waals surface area (Å²) < 4.78 is 42.9. The number of carbonyl (C=O) groups excluding carboxylic acids is 4. The number of methoxy groups -OCH3 is 2. The molecule has 0 aliphatic carbocycles. The second-order valence-electron chi connectivity index (χ2n) is 12.0. The first-order valence-electron chi connectivity index (χ1n) is 17.3. The van der Waals surface area contributed by atoms with Gasteiger partial charge in [0.1, 0.15) is 17.9 Å². The Bertz CT molecular complexity index is 2630. The maximum Gasteiger partial charge on any atom is 0.325 e. The van der Waals surface area contributed by atoms with Crippen LogP contribution in [0, 0.1) is 0 Å². The fourth-order valence-electron chi connectivity index (χ4n) is 5.12. The molecular formula is C38H35N9O10S3. The molecule has 2 heterocycles. The Kier molecular flexibility index (Phi) is 15.0. The lowest BCUT2D eigenvalue weighted by Gasteiger charge is -2.12. The van der Waals surface area contributed by atoms with Gasteiger partial charge in [-0.1, -0.05) is 48.5 Å². The molecule has 310 valence electrons. The number of rotatable bonds is 15. The zero-order valence-electron chi connectivity index (χ0n) is 31.8. The summed E-state index contributed by atoms with van der Waals surface area (Å²) >= 11 is 1.76. The largest absolute Gasteiger partial charge is 0.496 e. The van der Waals surface area contributed by atoms with Gasteiger partial charge in [0.25, 0.3) is 0 Å². The van der Waals surface area contributed by atoms with Gasteiger partial charge < -0.3 is 25.2 Å². The number of nitrogens with one attached hydrogen (secondary N) is 5. The number of carboxylic acids is 1. The summed E-state index contributed by atoms with van der Waals surface area (Å²) in [5.74, 6) is -0.506. The topological polar surface area (TPSA) is 270 Å². The first kappa shape index (κ1) is 44.0. The molecule has 6 aromatic rings. The lowest BCUT2D eigenvalue weighted by atomic mass is 10.0. The van der Waals surface area contributed by atoms with E-state index in [2.05, 4.69) is 44.7 Å². The molecule has 0 aliphatic rings. The van der Waals surface area contributed by atoms with Crippen molar-refractivity contribution in [1.82, 2.24) is 23.4 Å². The quantitative estimate of drug-likeness (QED) is 0.0694. The van der Waals surface area contributed by atoms with E-state index >= 15 is 0 Å². The summed E-state index contributed by atoms with van der Waals surface area (Å²) in [7, 11) is -0.429. The second kappa shape index (κ2) is 20.5. The summed E-state index contributed by atoms with van der Waals surface area (Å²) in [5.41, 5.74) is 1.92. The number of aliphatic carboxylic acids is 1. The highest BCUT2D eigenvalue weighted by Crippen LogP contribution is 2.27. The number of amides is 4. The number of anilines is 4. The summed E-state index contributed by atoms with van der Waals surface area (Å²) in [4.78, 5) is 69.4.